The molecule has 0 aromatic carbocycles. The van der Waals surface area contributed by atoms with Crippen molar-refractivity contribution in [1.29, 1.82) is 0 Å². The number of aliphatic hydroxyl groups excluding tert-OH is 1. The molecule has 8 heteroatoms. The van der Waals surface area contributed by atoms with E-state index in [0.29, 0.717) is 13.1 Å². The summed E-state index contributed by atoms with van der Waals surface area (Å²) in [6, 6.07) is 0. The Hall–Kier alpha value is -2.06. The largest absolute Gasteiger partial charge is 0.394 e. The Morgan fingerprint density at radius 1 is 1.36 bits per heavy atom. The average Bonchev–Trinajstić information content (AvgIpc) is 3.14. The van der Waals surface area contributed by atoms with E-state index in [1.165, 1.54) is 6.33 Å². The molecule has 3 aromatic rings. The Balaban J connectivity index is 1.88. The molecule has 0 saturated carbocycles. The number of aromatic nitrogens is 5. The minimum absolute atomic E-state index is 0.0323. The molecule has 0 aliphatic rings. The number of nitrogens with zero attached hydrogens (tertiary/aromatic N) is 6. The Labute approximate surface area is 132 Å². The molecule has 3 rings (SSSR count). The predicted molar refractivity (Wildman–Crippen MR) is 86.0 cm³/mol. The Morgan fingerprint density at radius 3 is 2.95 bits per heavy atom. The lowest BCUT2D eigenvalue weighted by atomic mass is 10.3. The van der Waals surface area contributed by atoms with Gasteiger partial charge in [0.2, 0.25) is 0 Å². The van der Waals surface area contributed by atoms with Gasteiger partial charge in [0.05, 0.1) is 42.0 Å². The molecule has 0 amide bonds. The molecule has 0 atom stereocenters. The third-order valence-electron chi connectivity index (χ3n) is 3.39. The van der Waals surface area contributed by atoms with Crippen LogP contribution in [0.2, 0.25) is 0 Å². The molecule has 22 heavy (non-hydrogen) atoms. The first-order valence-corrected chi connectivity index (χ1v) is 8.02. The summed E-state index contributed by atoms with van der Waals surface area (Å²) < 4.78 is 1.69. The summed E-state index contributed by atoms with van der Waals surface area (Å²) in [6.07, 6.45) is 4.23. The predicted octanol–water partition coefficient (Wildman–Crippen LogP) is 1.47. The van der Waals surface area contributed by atoms with Crippen molar-refractivity contribution in [3.63, 3.8) is 0 Å². The summed E-state index contributed by atoms with van der Waals surface area (Å²) in [7, 11) is 1.98. The minimum Gasteiger partial charge on any atom is -0.394 e. The third kappa shape index (κ3) is 2.79. The van der Waals surface area contributed by atoms with E-state index >= 15 is 0 Å². The standard InChI is InChI=1S/C14H18N6OS/c1-3-12-18-10(8-22-12)7-19(2)13-11-6-17-20(4-5-21)14(11)16-9-15-13/h6,8-9,21H,3-5,7H2,1-2H3. The van der Waals surface area contributed by atoms with Crippen molar-refractivity contribution in [2.24, 2.45) is 0 Å². The molecule has 0 unspecified atom stereocenters. The number of anilines is 1. The van der Waals surface area contributed by atoms with Gasteiger partial charge in [0, 0.05) is 12.4 Å². The fraction of sp³-hybridized carbons (Fsp3) is 0.429. The van der Waals surface area contributed by atoms with Crippen LogP contribution in [0.5, 0.6) is 0 Å². The van der Waals surface area contributed by atoms with Gasteiger partial charge in [-0.15, -0.1) is 11.3 Å². The van der Waals surface area contributed by atoms with E-state index in [0.717, 1.165) is 34.0 Å². The van der Waals surface area contributed by atoms with Crippen molar-refractivity contribution < 1.29 is 5.11 Å². The second-order valence-corrected chi connectivity index (χ2v) is 5.91. The van der Waals surface area contributed by atoms with Gasteiger partial charge in [-0.3, -0.25) is 0 Å². The molecule has 116 valence electrons. The van der Waals surface area contributed by atoms with Crippen LogP contribution in [0.4, 0.5) is 5.82 Å². The summed E-state index contributed by atoms with van der Waals surface area (Å²) in [6.45, 7) is 3.25. The maximum atomic E-state index is 9.07. The Bertz CT molecular complexity index is 768. The van der Waals surface area contributed by atoms with Gasteiger partial charge in [-0.25, -0.2) is 19.6 Å². The van der Waals surface area contributed by atoms with Gasteiger partial charge in [-0.2, -0.15) is 5.10 Å². The van der Waals surface area contributed by atoms with E-state index < -0.39 is 0 Å². The van der Waals surface area contributed by atoms with Crippen LogP contribution in [0.1, 0.15) is 17.6 Å². The summed E-state index contributed by atoms with van der Waals surface area (Å²) in [5, 5.41) is 17.5. The van der Waals surface area contributed by atoms with Gasteiger partial charge in [0.1, 0.15) is 12.1 Å². The van der Waals surface area contributed by atoms with Crippen LogP contribution in [0.25, 0.3) is 11.0 Å². The maximum Gasteiger partial charge on any atom is 0.163 e. The van der Waals surface area contributed by atoms with E-state index in [1.807, 2.05) is 11.9 Å². The van der Waals surface area contributed by atoms with E-state index in [9.17, 15) is 0 Å². The highest BCUT2D eigenvalue weighted by atomic mass is 32.1. The van der Waals surface area contributed by atoms with Crippen molar-refractivity contribution in [2.45, 2.75) is 26.4 Å². The quantitative estimate of drug-likeness (QED) is 0.741. The first-order valence-electron chi connectivity index (χ1n) is 7.14. The zero-order chi connectivity index (χ0) is 15.5. The van der Waals surface area contributed by atoms with Gasteiger partial charge >= 0.3 is 0 Å². The summed E-state index contributed by atoms with van der Waals surface area (Å²) in [5.74, 6) is 0.820. The van der Waals surface area contributed by atoms with Crippen molar-refractivity contribution in [3.8, 4) is 0 Å². The second-order valence-electron chi connectivity index (χ2n) is 4.97. The number of hydrogen-bond acceptors (Lipinski definition) is 7. The normalized spacial score (nSPS) is 11.2. The molecular formula is C14H18N6OS. The average molecular weight is 318 g/mol. The Kier molecular flexibility index (Phi) is 4.30. The molecule has 0 aliphatic carbocycles. The molecule has 0 bridgehead atoms. The van der Waals surface area contributed by atoms with Crippen LogP contribution in [0, 0.1) is 0 Å². The number of rotatable bonds is 6. The molecule has 0 spiro atoms. The van der Waals surface area contributed by atoms with E-state index in [-0.39, 0.29) is 6.61 Å². The van der Waals surface area contributed by atoms with Crippen LogP contribution in [0.3, 0.4) is 0 Å². The molecule has 0 fully saturated rings. The highest BCUT2D eigenvalue weighted by Gasteiger charge is 2.14. The smallest absolute Gasteiger partial charge is 0.163 e. The van der Waals surface area contributed by atoms with Crippen LogP contribution in [-0.2, 0) is 19.5 Å². The van der Waals surface area contributed by atoms with E-state index in [4.69, 9.17) is 5.11 Å². The molecule has 3 heterocycles. The molecule has 7 nitrogen and oxygen atoms in total. The van der Waals surface area contributed by atoms with Crippen molar-refractivity contribution in [1.82, 2.24) is 24.7 Å². The van der Waals surface area contributed by atoms with Crippen molar-refractivity contribution >= 4 is 28.2 Å². The van der Waals surface area contributed by atoms with E-state index in [2.05, 4.69) is 32.4 Å². The monoisotopic (exact) mass is 318 g/mol. The first kappa shape index (κ1) is 14.9. The van der Waals surface area contributed by atoms with Crippen LogP contribution >= 0.6 is 11.3 Å². The van der Waals surface area contributed by atoms with Crippen LogP contribution < -0.4 is 4.90 Å². The maximum absolute atomic E-state index is 9.07. The summed E-state index contributed by atoms with van der Waals surface area (Å²) in [4.78, 5) is 15.3. The molecule has 0 aliphatic heterocycles. The zero-order valence-corrected chi connectivity index (χ0v) is 13.4. The molecule has 0 radical (unpaired) electrons. The Morgan fingerprint density at radius 2 is 2.23 bits per heavy atom. The number of hydrogen-bond donors (Lipinski definition) is 1. The number of aliphatic hydroxyl groups is 1. The van der Waals surface area contributed by atoms with Gasteiger partial charge < -0.3 is 10.0 Å². The molecular weight excluding hydrogens is 300 g/mol. The number of aryl methyl sites for hydroxylation is 1. The van der Waals surface area contributed by atoms with Gasteiger partial charge in [0.15, 0.2) is 5.65 Å². The zero-order valence-electron chi connectivity index (χ0n) is 12.6. The second kappa shape index (κ2) is 6.37. The highest BCUT2D eigenvalue weighted by molar-refractivity contribution is 7.09. The third-order valence-corrected chi connectivity index (χ3v) is 4.43. The fourth-order valence-corrected chi connectivity index (χ4v) is 3.08. The fourth-order valence-electron chi connectivity index (χ4n) is 2.34. The topological polar surface area (TPSA) is 80.0 Å². The molecule has 0 saturated heterocycles. The van der Waals surface area contributed by atoms with Crippen molar-refractivity contribution in [2.75, 3.05) is 18.6 Å². The molecule has 3 aromatic heterocycles. The minimum atomic E-state index is 0.0323. The lowest BCUT2D eigenvalue weighted by molar-refractivity contribution is 0.271. The highest BCUT2D eigenvalue weighted by Crippen LogP contribution is 2.23. The molecule has 1 N–H and O–H groups in total. The van der Waals surface area contributed by atoms with Crippen LogP contribution in [-0.4, -0.2) is 43.5 Å². The first-order chi connectivity index (χ1) is 10.7. The van der Waals surface area contributed by atoms with Gasteiger partial charge in [-0.05, 0) is 6.42 Å². The summed E-state index contributed by atoms with van der Waals surface area (Å²) >= 11 is 1.69. The number of thiazole rings is 1. The van der Waals surface area contributed by atoms with Crippen LogP contribution in [0.15, 0.2) is 17.9 Å². The van der Waals surface area contributed by atoms with Crippen molar-refractivity contribution in [3.05, 3.63) is 28.6 Å². The lowest BCUT2D eigenvalue weighted by Gasteiger charge is -2.17. The lowest BCUT2D eigenvalue weighted by Crippen LogP contribution is -2.18. The summed E-state index contributed by atoms with van der Waals surface area (Å²) in [5.41, 5.74) is 1.78. The SMILES string of the molecule is CCc1nc(CN(C)c2ncnc3c2cnn3CCO)cs1. The van der Waals surface area contributed by atoms with Gasteiger partial charge in [0.25, 0.3) is 0 Å². The van der Waals surface area contributed by atoms with E-state index in [1.54, 1.807) is 22.2 Å². The van der Waals surface area contributed by atoms with Gasteiger partial charge in [-0.1, -0.05) is 6.92 Å². The number of fused-ring (bicyclic) bond motifs is 1.